The Labute approximate surface area is 137 Å². The molecule has 0 radical (unpaired) electrons. The first kappa shape index (κ1) is 19.5. The molecule has 0 saturated carbocycles. The van der Waals surface area contributed by atoms with Gasteiger partial charge in [0, 0.05) is 24.9 Å². The monoisotopic (exact) mass is 343 g/mol. The van der Waals surface area contributed by atoms with Gasteiger partial charge in [-0.05, 0) is 13.0 Å². The van der Waals surface area contributed by atoms with Gasteiger partial charge in [-0.15, -0.1) is 0 Å². The first-order chi connectivity index (χ1) is 11.3. The molecule has 0 aliphatic carbocycles. The van der Waals surface area contributed by atoms with Gasteiger partial charge in [0.2, 0.25) is 0 Å². The van der Waals surface area contributed by atoms with Crippen LogP contribution in [0, 0.1) is 0 Å². The second-order valence-corrected chi connectivity index (χ2v) is 5.16. The quantitative estimate of drug-likeness (QED) is 0.220. The van der Waals surface area contributed by atoms with E-state index in [0.717, 1.165) is 0 Å². The summed E-state index contributed by atoms with van der Waals surface area (Å²) >= 11 is 0. The van der Waals surface area contributed by atoms with E-state index in [-0.39, 0.29) is 25.9 Å². The van der Waals surface area contributed by atoms with E-state index in [4.69, 9.17) is 15.9 Å². The molecule has 0 fully saturated rings. The highest BCUT2D eigenvalue weighted by molar-refractivity contribution is 5.75. The summed E-state index contributed by atoms with van der Waals surface area (Å²) in [5.74, 6) is -3.48. The summed E-state index contributed by atoms with van der Waals surface area (Å²) < 4.78 is 0. The number of aromatic nitrogens is 2. The van der Waals surface area contributed by atoms with Gasteiger partial charge in [-0.1, -0.05) is 0 Å². The van der Waals surface area contributed by atoms with E-state index >= 15 is 0 Å². The summed E-state index contributed by atoms with van der Waals surface area (Å²) in [6.45, 7) is -0.0762. The topological polar surface area (TPSA) is 191 Å². The fraction of sp³-hybridized carbons (Fsp3) is 0.538. The first-order valence-corrected chi connectivity index (χ1v) is 7.19. The number of nitrogens with two attached hydrogens (primary N) is 1. The van der Waals surface area contributed by atoms with Crippen LogP contribution in [0.4, 0.5) is 0 Å². The van der Waals surface area contributed by atoms with E-state index in [9.17, 15) is 19.5 Å². The molecule has 3 atom stereocenters. The fourth-order valence-corrected chi connectivity index (χ4v) is 1.91. The second kappa shape index (κ2) is 9.60. The molecule has 0 unspecified atom stereocenters. The summed E-state index contributed by atoms with van der Waals surface area (Å²) in [6.07, 6.45) is 3.07. The Balaban J connectivity index is 2.49. The number of hydrogen-bond donors (Lipinski definition) is 7. The smallest absolute Gasteiger partial charge is 0.322 e. The normalized spacial score (nSPS) is 14.7. The van der Waals surface area contributed by atoms with E-state index in [2.05, 4.69) is 20.6 Å². The number of H-pyrrole nitrogens is 1. The molecule has 24 heavy (non-hydrogen) atoms. The summed E-state index contributed by atoms with van der Waals surface area (Å²) in [4.78, 5) is 39.6. The number of aliphatic carboxylic acids is 3. The van der Waals surface area contributed by atoms with Crippen molar-refractivity contribution in [2.45, 2.75) is 31.0 Å². The van der Waals surface area contributed by atoms with Gasteiger partial charge < -0.3 is 36.7 Å². The van der Waals surface area contributed by atoms with E-state index in [1.165, 1.54) is 12.5 Å². The van der Waals surface area contributed by atoms with Crippen LogP contribution in [-0.4, -0.2) is 74.4 Å². The average molecular weight is 343 g/mol. The number of carboxylic acids is 3. The van der Waals surface area contributed by atoms with Gasteiger partial charge in [0.1, 0.15) is 18.1 Å². The molecule has 1 heterocycles. The number of aromatic amines is 1. The molecule has 0 saturated heterocycles. The highest BCUT2D eigenvalue weighted by atomic mass is 16.4. The Morgan fingerprint density at radius 2 is 1.79 bits per heavy atom. The summed E-state index contributed by atoms with van der Waals surface area (Å²) in [6, 6.07) is -3.16. The van der Waals surface area contributed by atoms with Crippen LogP contribution in [-0.2, 0) is 20.8 Å². The van der Waals surface area contributed by atoms with E-state index in [1.807, 2.05) is 0 Å². The molecule has 0 spiro atoms. The lowest BCUT2D eigenvalue weighted by Crippen LogP contribution is -2.50. The van der Waals surface area contributed by atoms with Gasteiger partial charge in [0.05, 0.1) is 6.33 Å². The maximum absolute atomic E-state index is 11.2. The minimum Gasteiger partial charge on any atom is -0.480 e. The minimum atomic E-state index is -1.18. The molecule has 134 valence electrons. The van der Waals surface area contributed by atoms with Gasteiger partial charge >= 0.3 is 17.9 Å². The van der Waals surface area contributed by atoms with Crippen LogP contribution in [0.15, 0.2) is 12.5 Å². The van der Waals surface area contributed by atoms with Gasteiger partial charge in [-0.25, -0.2) is 4.98 Å². The number of carbonyl (C=O) groups is 3. The molecule has 1 rings (SSSR count). The zero-order valence-corrected chi connectivity index (χ0v) is 12.8. The average Bonchev–Trinajstić information content (AvgIpc) is 3.01. The largest absolute Gasteiger partial charge is 0.480 e. The molecule has 0 aromatic carbocycles. The van der Waals surface area contributed by atoms with Gasteiger partial charge in [-0.3, -0.25) is 14.4 Å². The number of imidazole rings is 1. The van der Waals surface area contributed by atoms with Crippen LogP contribution in [0.5, 0.6) is 0 Å². The molecule has 0 amide bonds. The van der Waals surface area contributed by atoms with Crippen molar-refractivity contribution in [3.05, 3.63) is 18.2 Å². The number of nitrogens with zero attached hydrogens (tertiary/aromatic N) is 1. The van der Waals surface area contributed by atoms with Crippen molar-refractivity contribution < 1.29 is 29.7 Å². The summed E-state index contributed by atoms with van der Waals surface area (Å²) in [7, 11) is 0. The number of carboxylic acid groups (broad SMARTS) is 3. The molecular weight excluding hydrogens is 322 g/mol. The van der Waals surface area contributed by atoms with Crippen LogP contribution in [0.1, 0.15) is 12.1 Å². The number of hydrogen-bond acceptors (Lipinski definition) is 7. The van der Waals surface area contributed by atoms with Crippen molar-refractivity contribution in [1.82, 2.24) is 20.6 Å². The Hall–Kier alpha value is -2.50. The maximum Gasteiger partial charge on any atom is 0.322 e. The third-order valence-corrected chi connectivity index (χ3v) is 3.31. The van der Waals surface area contributed by atoms with Crippen molar-refractivity contribution >= 4 is 17.9 Å². The summed E-state index contributed by atoms with van der Waals surface area (Å²) in [5, 5.41) is 32.3. The molecule has 0 bridgehead atoms. The van der Waals surface area contributed by atoms with Crippen molar-refractivity contribution in [2.24, 2.45) is 5.73 Å². The van der Waals surface area contributed by atoms with E-state index in [1.54, 1.807) is 0 Å². The fourth-order valence-electron chi connectivity index (χ4n) is 1.91. The Kier molecular flexibility index (Phi) is 7.82. The lowest BCUT2D eigenvalue weighted by molar-refractivity contribution is -0.142. The van der Waals surface area contributed by atoms with Gasteiger partial charge in [0.15, 0.2) is 0 Å². The van der Waals surface area contributed by atoms with Gasteiger partial charge in [0.25, 0.3) is 0 Å². The Morgan fingerprint density at radius 1 is 1.12 bits per heavy atom. The lowest BCUT2D eigenvalue weighted by Gasteiger charge is -2.19. The van der Waals surface area contributed by atoms with E-state index in [0.29, 0.717) is 5.69 Å². The number of rotatable bonds is 12. The third kappa shape index (κ3) is 6.73. The van der Waals surface area contributed by atoms with Crippen LogP contribution in [0.25, 0.3) is 0 Å². The van der Waals surface area contributed by atoms with Crippen molar-refractivity contribution in [3.63, 3.8) is 0 Å². The predicted molar refractivity (Wildman–Crippen MR) is 81.4 cm³/mol. The molecule has 11 heteroatoms. The SMILES string of the molecule is N[C@@H](CCN[C@H](CN[C@H](Cc1cnc[nH]1)C(=O)O)C(=O)O)C(=O)O. The summed E-state index contributed by atoms with van der Waals surface area (Å²) in [5.41, 5.74) is 5.93. The Bertz CT molecular complexity index is 549. The maximum atomic E-state index is 11.2. The zero-order valence-electron chi connectivity index (χ0n) is 12.8. The van der Waals surface area contributed by atoms with Crippen molar-refractivity contribution in [2.75, 3.05) is 13.1 Å². The van der Waals surface area contributed by atoms with Crippen LogP contribution >= 0.6 is 0 Å². The van der Waals surface area contributed by atoms with E-state index < -0.39 is 36.0 Å². The second-order valence-electron chi connectivity index (χ2n) is 5.16. The zero-order chi connectivity index (χ0) is 18.1. The predicted octanol–water partition coefficient (Wildman–Crippen LogP) is -2.16. The molecular formula is C13H21N5O6. The van der Waals surface area contributed by atoms with Crippen LogP contribution in [0.2, 0.25) is 0 Å². The molecule has 1 aromatic rings. The number of nitrogens with one attached hydrogen (secondary N) is 3. The van der Waals surface area contributed by atoms with Gasteiger partial charge in [-0.2, -0.15) is 0 Å². The molecule has 0 aliphatic rings. The van der Waals surface area contributed by atoms with Crippen LogP contribution < -0.4 is 16.4 Å². The minimum absolute atomic E-state index is 0.0512. The van der Waals surface area contributed by atoms with Crippen LogP contribution in [0.3, 0.4) is 0 Å². The first-order valence-electron chi connectivity index (χ1n) is 7.19. The lowest BCUT2D eigenvalue weighted by atomic mass is 10.1. The highest BCUT2D eigenvalue weighted by Gasteiger charge is 2.23. The highest BCUT2D eigenvalue weighted by Crippen LogP contribution is 1.99. The molecule has 8 N–H and O–H groups in total. The van der Waals surface area contributed by atoms with Crippen molar-refractivity contribution in [3.8, 4) is 0 Å². The molecule has 0 aliphatic heterocycles. The third-order valence-electron chi connectivity index (χ3n) is 3.31. The standard InChI is InChI=1S/C13H21N5O6/c14-8(11(19)20)1-2-16-10(13(23)24)5-17-9(12(21)22)3-7-4-15-6-18-7/h4,6,8-10,16-17H,1-3,5,14H2,(H,15,18)(H,19,20)(H,21,22)(H,23,24)/t8-,9+,10+/m0/s1. The van der Waals surface area contributed by atoms with Crippen molar-refractivity contribution in [1.29, 1.82) is 0 Å². The molecule has 1 aromatic heterocycles. The Morgan fingerprint density at radius 3 is 2.29 bits per heavy atom. The molecule has 11 nitrogen and oxygen atoms in total.